The fourth-order valence-electron chi connectivity index (χ4n) is 1.93. The Kier molecular flexibility index (Phi) is 8.40. The van der Waals surface area contributed by atoms with Crippen LogP contribution in [0.3, 0.4) is 0 Å². The van der Waals surface area contributed by atoms with E-state index in [1.165, 1.54) is 0 Å². The minimum Gasteiger partial charge on any atom is -0.341 e. The SMILES string of the molecule is CCN(CC(C)C#N)C(=O)C(C)CCCC(C)N. The maximum Gasteiger partial charge on any atom is 0.225 e. The quantitative estimate of drug-likeness (QED) is 0.720. The van der Waals surface area contributed by atoms with Crippen LogP contribution in [-0.2, 0) is 4.79 Å². The summed E-state index contributed by atoms with van der Waals surface area (Å²) in [5.41, 5.74) is 5.69. The van der Waals surface area contributed by atoms with E-state index in [0.29, 0.717) is 13.1 Å². The number of carbonyl (C=O) groups is 1. The zero-order chi connectivity index (χ0) is 14.1. The molecule has 1 amide bonds. The number of hydrogen-bond donors (Lipinski definition) is 1. The van der Waals surface area contributed by atoms with E-state index in [9.17, 15) is 4.79 Å². The van der Waals surface area contributed by atoms with Crippen molar-refractivity contribution in [2.45, 2.75) is 53.0 Å². The van der Waals surface area contributed by atoms with Crippen molar-refractivity contribution in [3.05, 3.63) is 0 Å². The second kappa shape index (κ2) is 8.93. The van der Waals surface area contributed by atoms with Crippen LogP contribution in [0.4, 0.5) is 0 Å². The number of nitrogens with two attached hydrogens (primary N) is 1. The van der Waals surface area contributed by atoms with Gasteiger partial charge in [-0.2, -0.15) is 5.26 Å². The largest absolute Gasteiger partial charge is 0.341 e. The summed E-state index contributed by atoms with van der Waals surface area (Å²) in [6.45, 7) is 8.95. The van der Waals surface area contributed by atoms with Gasteiger partial charge >= 0.3 is 0 Å². The van der Waals surface area contributed by atoms with Crippen LogP contribution in [-0.4, -0.2) is 29.9 Å². The molecular formula is C14H27N3O. The molecule has 0 fully saturated rings. The number of hydrogen-bond acceptors (Lipinski definition) is 3. The third kappa shape index (κ3) is 6.61. The van der Waals surface area contributed by atoms with Crippen molar-refractivity contribution in [1.82, 2.24) is 4.90 Å². The lowest BCUT2D eigenvalue weighted by atomic mass is 10.00. The molecule has 0 radical (unpaired) electrons. The summed E-state index contributed by atoms with van der Waals surface area (Å²) in [4.78, 5) is 14.0. The molecule has 18 heavy (non-hydrogen) atoms. The van der Waals surface area contributed by atoms with Gasteiger partial charge in [0.15, 0.2) is 0 Å². The Morgan fingerprint density at radius 1 is 1.33 bits per heavy atom. The molecule has 0 aliphatic carbocycles. The molecule has 4 heteroatoms. The average Bonchev–Trinajstić information content (AvgIpc) is 2.34. The zero-order valence-corrected chi connectivity index (χ0v) is 12.1. The first-order valence-corrected chi connectivity index (χ1v) is 6.86. The summed E-state index contributed by atoms with van der Waals surface area (Å²) in [6, 6.07) is 2.37. The molecule has 0 aliphatic rings. The number of carbonyl (C=O) groups excluding carboxylic acids is 1. The van der Waals surface area contributed by atoms with E-state index in [4.69, 9.17) is 11.0 Å². The van der Waals surface area contributed by atoms with Crippen LogP contribution in [0.2, 0.25) is 0 Å². The monoisotopic (exact) mass is 253 g/mol. The van der Waals surface area contributed by atoms with Crippen LogP contribution >= 0.6 is 0 Å². The van der Waals surface area contributed by atoms with E-state index in [1.54, 1.807) is 4.90 Å². The predicted octanol–water partition coefficient (Wildman–Crippen LogP) is 2.15. The molecular weight excluding hydrogens is 226 g/mol. The Morgan fingerprint density at radius 2 is 1.94 bits per heavy atom. The van der Waals surface area contributed by atoms with Crippen LogP contribution in [0.5, 0.6) is 0 Å². The molecule has 4 nitrogen and oxygen atoms in total. The van der Waals surface area contributed by atoms with E-state index in [1.807, 2.05) is 27.7 Å². The van der Waals surface area contributed by atoms with Crippen molar-refractivity contribution in [2.24, 2.45) is 17.6 Å². The molecule has 0 saturated carbocycles. The topological polar surface area (TPSA) is 70.1 Å². The molecule has 2 N–H and O–H groups in total. The Hall–Kier alpha value is -1.08. The summed E-state index contributed by atoms with van der Waals surface area (Å²) in [5, 5.41) is 8.80. The molecule has 104 valence electrons. The molecule has 0 spiro atoms. The Balaban J connectivity index is 4.19. The number of rotatable bonds is 8. The third-order valence-electron chi connectivity index (χ3n) is 3.13. The summed E-state index contributed by atoms with van der Waals surface area (Å²) >= 11 is 0. The molecule has 3 unspecified atom stereocenters. The highest BCUT2D eigenvalue weighted by Gasteiger charge is 2.20. The highest BCUT2D eigenvalue weighted by molar-refractivity contribution is 5.78. The van der Waals surface area contributed by atoms with Crippen LogP contribution < -0.4 is 5.73 Å². The van der Waals surface area contributed by atoms with E-state index in [-0.39, 0.29) is 23.8 Å². The van der Waals surface area contributed by atoms with Gasteiger partial charge < -0.3 is 10.6 Å². The molecule has 0 aromatic rings. The summed E-state index contributed by atoms with van der Waals surface area (Å²) in [5.74, 6) is 0.0732. The Morgan fingerprint density at radius 3 is 2.39 bits per heavy atom. The maximum absolute atomic E-state index is 12.2. The number of amides is 1. The van der Waals surface area contributed by atoms with Crippen molar-refractivity contribution in [2.75, 3.05) is 13.1 Å². The molecule has 0 saturated heterocycles. The standard InChI is InChI=1S/C14H27N3O/c1-5-17(10-11(2)9-15)14(18)12(3)7-6-8-13(4)16/h11-13H,5-8,10,16H2,1-4H3. The minimum atomic E-state index is -0.106. The van der Waals surface area contributed by atoms with Crippen LogP contribution in [0.1, 0.15) is 47.0 Å². The van der Waals surface area contributed by atoms with Gasteiger partial charge in [-0.05, 0) is 33.6 Å². The van der Waals surface area contributed by atoms with Gasteiger partial charge in [0.05, 0.1) is 12.0 Å². The smallest absolute Gasteiger partial charge is 0.225 e. The summed E-state index contributed by atoms with van der Waals surface area (Å²) in [7, 11) is 0. The first-order valence-electron chi connectivity index (χ1n) is 6.86. The van der Waals surface area contributed by atoms with Crippen molar-refractivity contribution >= 4 is 5.91 Å². The van der Waals surface area contributed by atoms with Crippen molar-refractivity contribution in [3.63, 3.8) is 0 Å². The highest BCUT2D eigenvalue weighted by Crippen LogP contribution is 2.13. The van der Waals surface area contributed by atoms with E-state index in [0.717, 1.165) is 19.3 Å². The lowest BCUT2D eigenvalue weighted by molar-refractivity contribution is -0.135. The molecule has 3 atom stereocenters. The van der Waals surface area contributed by atoms with Gasteiger partial charge in [-0.3, -0.25) is 4.79 Å². The normalized spacial score (nSPS) is 15.6. The van der Waals surface area contributed by atoms with Gasteiger partial charge in [-0.1, -0.05) is 13.3 Å². The van der Waals surface area contributed by atoms with Gasteiger partial charge in [-0.15, -0.1) is 0 Å². The molecule has 0 bridgehead atoms. The molecule has 0 aliphatic heterocycles. The van der Waals surface area contributed by atoms with E-state index < -0.39 is 0 Å². The Bertz CT molecular complexity index is 283. The predicted molar refractivity (Wildman–Crippen MR) is 73.7 cm³/mol. The van der Waals surface area contributed by atoms with Crippen molar-refractivity contribution < 1.29 is 4.79 Å². The molecule has 0 rings (SSSR count). The van der Waals surface area contributed by atoms with Gasteiger partial charge in [0, 0.05) is 25.0 Å². The average molecular weight is 253 g/mol. The first kappa shape index (κ1) is 16.9. The fraction of sp³-hybridized carbons (Fsp3) is 0.857. The van der Waals surface area contributed by atoms with Gasteiger partial charge in [0.2, 0.25) is 5.91 Å². The third-order valence-corrected chi connectivity index (χ3v) is 3.13. The summed E-state index contributed by atoms with van der Waals surface area (Å²) in [6.07, 6.45) is 2.81. The van der Waals surface area contributed by atoms with Crippen LogP contribution in [0.25, 0.3) is 0 Å². The van der Waals surface area contributed by atoms with E-state index >= 15 is 0 Å². The molecule has 0 aromatic heterocycles. The van der Waals surface area contributed by atoms with Crippen LogP contribution in [0.15, 0.2) is 0 Å². The lowest BCUT2D eigenvalue weighted by Crippen LogP contribution is -2.37. The fourth-order valence-corrected chi connectivity index (χ4v) is 1.93. The molecule has 0 heterocycles. The minimum absolute atomic E-state index is 0.0228. The van der Waals surface area contributed by atoms with Crippen molar-refractivity contribution in [3.8, 4) is 6.07 Å². The van der Waals surface area contributed by atoms with Crippen molar-refractivity contribution in [1.29, 1.82) is 5.26 Å². The Labute approximate surface area is 111 Å². The number of nitrogens with zero attached hydrogens (tertiary/aromatic N) is 2. The zero-order valence-electron chi connectivity index (χ0n) is 12.1. The van der Waals surface area contributed by atoms with Crippen LogP contribution in [0, 0.1) is 23.2 Å². The van der Waals surface area contributed by atoms with Gasteiger partial charge in [-0.25, -0.2) is 0 Å². The second-order valence-electron chi connectivity index (χ2n) is 5.22. The van der Waals surface area contributed by atoms with Gasteiger partial charge in [0.25, 0.3) is 0 Å². The lowest BCUT2D eigenvalue weighted by Gasteiger charge is -2.25. The second-order valence-corrected chi connectivity index (χ2v) is 5.22. The van der Waals surface area contributed by atoms with E-state index in [2.05, 4.69) is 6.07 Å². The highest BCUT2D eigenvalue weighted by atomic mass is 16.2. The maximum atomic E-state index is 12.2. The first-order chi connectivity index (χ1) is 8.42. The van der Waals surface area contributed by atoms with Gasteiger partial charge in [0.1, 0.15) is 0 Å². The number of nitriles is 1. The summed E-state index contributed by atoms with van der Waals surface area (Å²) < 4.78 is 0. The molecule has 0 aromatic carbocycles.